The highest BCUT2D eigenvalue weighted by Crippen LogP contribution is 2.18. The second kappa shape index (κ2) is 5.93. The monoisotopic (exact) mass is 300 g/mol. The first-order chi connectivity index (χ1) is 10.2. The molecule has 106 valence electrons. The van der Waals surface area contributed by atoms with E-state index < -0.39 is 0 Å². The highest BCUT2D eigenvalue weighted by Gasteiger charge is 2.09. The molecule has 0 amide bonds. The highest BCUT2D eigenvalue weighted by molar-refractivity contribution is 6.30. The molecule has 1 aromatic carbocycles. The Morgan fingerprint density at radius 2 is 1.90 bits per heavy atom. The van der Waals surface area contributed by atoms with Crippen molar-refractivity contribution in [1.29, 1.82) is 0 Å². The van der Waals surface area contributed by atoms with Gasteiger partial charge in [-0.1, -0.05) is 34.9 Å². The summed E-state index contributed by atoms with van der Waals surface area (Å²) in [6, 6.07) is 13.6. The average Bonchev–Trinajstić information content (AvgIpc) is 2.96. The molecule has 0 bridgehead atoms. The molecule has 0 aliphatic heterocycles. The molecule has 0 saturated heterocycles. The van der Waals surface area contributed by atoms with Crippen molar-refractivity contribution >= 4 is 17.6 Å². The Hall–Kier alpha value is -2.40. The van der Waals surface area contributed by atoms with E-state index in [2.05, 4.69) is 20.5 Å². The Kier molecular flexibility index (Phi) is 3.83. The van der Waals surface area contributed by atoms with Gasteiger partial charge >= 0.3 is 6.01 Å². The van der Waals surface area contributed by atoms with Crippen molar-refractivity contribution < 1.29 is 4.42 Å². The van der Waals surface area contributed by atoms with Crippen LogP contribution in [-0.4, -0.2) is 15.2 Å². The number of hydrogen-bond acceptors (Lipinski definition) is 5. The molecule has 0 fully saturated rings. The van der Waals surface area contributed by atoms with Crippen LogP contribution < -0.4 is 5.32 Å². The van der Waals surface area contributed by atoms with Gasteiger partial charge < -0.3 is 9.73 Å². The van der Waals surface area contributed by atoms with E-state index in [1.54, 1.807) is 0 Å². The number of pyridine rings is 1. The van der Waals surface area contributed by atoms with Gasteiger partial charge in [0.1, 0.15) is 5.69 Å². The molecular formula is C15H13ClN4O. The van der Waals surface area contributed by atoms with E-state index in [4.69, 9.17) is 16.0 Å². The summed E-state index contributed by atoms with van der Waals surface area (Å²) in [6.45, 7) is 2.50. The van der Waals surface area contributed by atoms with Crippen molar-refractivity contribution in [3.63, 3.8) is 0 Å². The zero-order valence-corrected chi connectivity index (χ0v) is 12.1. The average molecular weight is 301 g/mol. The third-order valence-corrected chi connectivity index (χ3v) is 3.14. The maximum Gasteiger partial charge on any atom is 0.316 e. The van der Waals surface area contributed by atoms with Gasteiger partial charge in [0.2, 0.25) is 0 Å². The third-order valence-electron chi connectivity index (χ3n) is 2.89. The van der Waals surface area contributed by atoms with Crippen molar-refractivity contribution in [1.82, 2.24) is 15.2 Å². The number of anilines is 1. The number of aromatic nitrogens is 3. The minimum Gasteiger partial charge on any atom is -0.402 e. The standard InChI is InChI=1S/C15H13ClN4O/c1-10-3-2-4-13(18-10)14-19-20-15(21-14)17-9-11-5-7-12(16)8-6-11/h2-8H,9H2,1H3,(H,17,20). The SMILES string of the molecule is Cc1cccc(-c2nnc(NCc3ccc(Cl)cc3)o2)n1. The lowest BCUT2D eigenvalue weighted by atomic mass is 10.2. The van der Waals surface area contributed by atoms with Gasteiger partial charge in [0.15, 0.2) is 0 Å². The predicted octanol–water partition coefficient (Wildman–Crippen LogP) is 3.71. The molecule has 5 nitrogen and oxygen atoms in total. The van der Waals surface area contributed by atoms with Crippen LogP contribution in [-0.2, 0) is 6.54 Å². The first-order valence-electron chi connectivity index (χ1n) is 6.46. The third kappa shape index (κ3) is 3.38. The first kappa shape index (κ1) is 13.6. The number of hydrogen-bond donors (Lipinski definition) is 1. The molecule has 3 aromatic rings. The summed E-state index contributed by atoms with van der Waals surface area (Å²) in [5.74, 6) is 0.400. The Bertz CT molecular complexity index is 739. The zero-order chi connectivity index (χ0) is 14.7. The summed E-state index contributed by atoms with van der Waals surface area (Å²) in [7, 11) is 0. The molecule has 0 aliphatic carbocycles. The van der Waals surface area contributed by atoms with Gasteiger partial charge in [-0.2, -0.15) is 0 Å². The number of nitrogens with one attached hydrogen (secondary N) is 1. The molecule has 0 spiro atoms. The van der Waals surface area contributed by atoms with Crippen LogP contribution in [0.4, 0.5) is 6.01 Å². The van der Waals surface area contributed by atoms with Crippen molar-refractivity contribution in [3.05, 3.63) is 58.7 Å². The Morgan fingerprint density at radius 3 is 2.67 bits per heavy atom. The van der Waals surface area contributed by atoms with Crippen LogP contribution in [0.1, 0.15) is 11.3 Å². The molecule has 0 saturated carbocycles. The lowest BCUT2D eigenvalue weighted by Gasteiger charge is -2.01. The summed E-state index contributed by atoms with van der Waals surface area (Å²) in [6.07, 6.45) is 0. The van der Waals surface area contributed by atoms with Crippen LogP contribution >= 0.6 is 11.6 Å². The van der Waals surface area contributed by atoms with Gasteiger partial charge in [-0.05, 0) is 36.8 Å². The van der Waals surface area contributed by atoms with Gasteiger partial charge in [0.25, 0.3) is 5.89 Å². The molecule has 3 rings (SSSR count). The summed E-state index contributed by atoms with van der Waals surface area (Å²) in [5.41, 5.74) is 2.65. The smallest absolute Gasteiger partial charge is 0.316 e. The normalized spacial score (nSPS) is 10.6. The second-order valence-electron chi connectivity index (χ2n) is 4.56. The Morgan fingerprint density at radius 1 is 1.10 bits per heavy atom. The van der Waals surface area contributed by atoms with Crippen molar-refractivity contribution in [2.75, 3.05) is 5.32 Å². The van der Waals surface area contributed by atoms with Gasteiger partial charge in [-0.25, -0.2) is 4.98 Å². The molecule has 0 unspecified atom stereocenters. The molecule has 2 aromatic heterocycles. The fourth-order valence-electron chi connectivity index (χ4n) is 1.84. The summed E-state index contributed by atoms with van der Waals surface area (Å²) < 4.78 is 5.55. The van der Waals surface area contributed by atoms with Crippen LogP contribution in [0.3, 0.4) is 0 Å². The van der Waals surface area contributed by atoms with Gasteiger partial charge in [-0.15, -0.1) is 5.10 Å². The molecule has 6 heteroatoms. The van der Waals surface area contributed by atoms with E-state index >= 15 is 0 Å². The van der Waals surface area contributed by atoms with Crippen molar-refractivity contribution in [3.8, 4) is 11.6 Å². The summed E-state index contributed by atoms with van der Waals surface area (Å²) >= 11 is 5.84. The van der Waals surface area contributed by atoms with Crippen molar-refractivity contribution in [2.45, 2.75) is 13.5 Å². The molecule has 1 N–H and O–H groups in total. The fourth-order valence-corrected chi connectivity index (χ4v) is 1.97. The zero-order valence-electron chi connectivity index (χ0n) is 11.4. The Labute approximate surface area is 127 Å². The summed E-state index contributed by atoms with van der Waals surface area (Å²) in [5, 5.41) is 11.7. The van der Waals surface area contributed by atoms with E-state index in [1.165, 1.54) is 0 Å². The van der Waals surface area contributed by atoms with Crippen LogP contribution in [0, 0.1) is 6.92 Å². The molecule has 21 heavy (non-hydrogen) atoms. The topological polar surface area (TPSA) is 63.8 Å². The minimum absolute atomic E-state index is 0.364. The fraction of sp³-hybridized carbons (Fsp3) is 0.133. The number of benzene rings is 1. The van der Waals surface area contributed by atoms with E-state index in [1.807, 2.05) is 49.4 Å². The van der Waals surface area contributed by atoms with E-state index in [0.717, 1.165) is 11.3 Å². The molecule has 2 heterocycles. The maximum atomic E-state index is 5.84. The summed E-state index contributed by atoms with van der Waals surface area (Å²) in [4.78, 5) is 4.35. The largest absolute Gasteiger partial charge is 0.402 e. The molecule has 0 atom stereocenters. The minimum atomic E-state index is 0.364. The van der Waals surface area contributed by atoms with Crippen LogP contribution in [0.15, 0.2) is 46.9 Å². The second-order valence-corrected chi connectivity index (χ2v) is 4.99. The van der Waals surface area contributed by atoms with Gasteiger partial charge in [0.05, 0.1) is 0 Å². The lowest BCUT2D eigenvalue weighted by molar-refractivity contribution is 0.578. The van der Waals surface area contributed by atoms with Gasteiger partial charge in [0, 0.05) is 17.3 Å². The van der Waals surface area contributed by atoms with Crippen LogP contribution in [0.25, 0.3) is 11.6 Å². The quantitative estimate of drug-likeness (QED) is 0.796. The number of rotatable bonds is 4. The maximum absolute atomic E-state index is 5.84. The predicted molar refractivity (Wildman–Crippen MR) is 81.0 cm³/mol. The number of nitrogens with zero attached hydrogens (tertiary/aromatic N) is 3. The van der Waals surface area contributed by atoms with E-state index in [9.17, 15) is 0 Å². The van der Waals surface area contributed by atoms with Gasteiger partial charge in [-0.3, -0.25) is 0 Å². The molecule has 0 radical (unpaired) electrons. The van der Waals surface area contributed by atoms with E-state index in [0.29, 0.717) is 29.2 Å². The highest BCUT2D eigenvalue weighted by atomic mass is 35.5. The number of aryl methyl sites for hydroxylation is 1. The van der Waals surface area contributed by atoms with Crippen LogP contribution in [0.2, 0.25) is 5.02 Å². The van der Waals surface area contributed by atoms with E-state index in [-0.39, 0.29) is 0 Å². The van der Waals surface area contributed by atoms with Crippen molar-refractivity contribution in [2.24, 2.45) is 0 Å². The number of halogens is 1. The molecular weight excluding hydrogens is 288 g/mol. The molecule has 0 aliphatic rings. The van der Waals surface area contributed by atoms with Crippen LogP contribution in [0.5, 0.6) is 0 Å². The Balaban J connectivity index is 1.69. The first-order valence-corrected chi connectivity index (χ1v) is 6.84. The lowest BCUT2D eigenvalue weighted by Crippen LogP contribution is -1.99.